The maximum atomic E-state index is 15.6. The van der Waals surface area contributed by atoms with Gasteiger partial charge >= 0.3 is 0 Å². The van der Waals surface area contributed by atoms with Crippen LogP contribution in [0, 0.1) is 0 Å². The van der Waals surface area contributed by atoms with E-state index in [-0.39, 0.29) is 0 Å². The van der Waals surface area contributed by atoms with E-state index in [1.54, 1.807) is 24.3 Å². The molecule has 0 fully saturated rings. The van der Waals surface area contributed by atoms with E-state index in [1.165, 1.54) is 0 Å². The first-order chi connectivity index (χ1) is 33.1. The fourth-order valence-corrected chi connectivity index (χ4v) is 16.5. The van der Waals surface area contributed by atoms with Crippen LogP contribution in [-0.4, -0.2) is 0 Å². The summed E-state index contributed by atoms with van der Waals surface area (Å²) in [5.41, 5.74) is 7.64. The van der Waals surface area contributed by atoms with E-state index in [1.807, 2.05) is 224 Å². The second-order valence-corrected chi connectivity index (χ2v) is 24.8. The van der Waals surface area contributed by atoms with Gasteiger partial charge in [0.25, 0.3) is 0 Å². The van der Waals surface area contributed by atoms with Gasteiger partial charge in [0.2, 0.25) is 0 Å². The zero-order valence-electron chi connectivity index (χ0n) is 37.6. The largest absolute Gasteiger partial charge is 0.309 e. The van der Waals surface area contributed by atoms with Gasteiger partial charge in [0, 0.05) is 47.7 Å². The molecule has 0 heterocycles. The normalized spacial score (nSPS) is 11.6. The molecular formula is C62H49O3P3. The van der Waals surface area contributed by atoms with Gasteiger partial charge in [-0.2, -0.15) is 0 Å². The van der Waals surface area contributed by atoms with Gasteiger partial charge in [-0.15, -0.1) is 0 Å². The van der Waals surface area contributed by atoms with Gasteiger partial charge in [0.15, 0.2) is 21.4 Å². The van der Waals surface area contributed by atoms with Crippen molar-refractivity contribution in [1.29, 1.82) is 0 Å². The van der Waals surface area contributed by atoms with Crippen LogP contribution in [0.1, 0.15) is 22.3 Å². The molecule has 0 radical (unpaired) electrons. The summed E-state index contributed by atoms with van der Waals surface area (Å²) in [7, 11) is -9.78. The zero-order chi connectivity index (χ0) is 47.3. The van der Waals surface area contributed by atoms with Crippen LogP contribution < -0.4 is 47.7 Å². The van der Waals surface area contributed by atoms with Crippen LogP contribution in [0.2, 0.25) is 0 Å². The first-order valence-electron chi connectivity index (χ1n) is 22.3. The molecule has 6 heteroatoms. The summed E-state index contributed by atoms with van der Waals surface area (Å²) in [5, 5.41) is 6.61. The molecule has 0 aromatic heterocycles. The van der Waals surface area contributed by atoms with Gasteiger partial charge in [-0.05, 0) is 44.5 Å². The quantitative estimate of drug-likeness (QED) is 0.0963. The standard InChI is InChI=1S/C62H49O3P3/c1-5-46-14-30-55(31-15-46)67(64,56-32-16-47(6-2)17-33-56)61-42-26-52(27-43-61)50-22-38-59(39-23-50)66(63,54-12-10-9-11-13-54)60-40-24-51(25-41-60)53-28-44-62(45-29-53)68(65,57-34-18-48(7-3)19-35-57)58-36-20-49(8-4)21-37-58/h5-45H,1-4H2. The Morgan fingerprint density at radius 3 is 0.559 bits per heavy atom. The molecular weight excluding hydrogens is 886 g/mol. The highest BCUT2D eigenvalue weighted by Crippen LogP contribution is 2.46. The summed E-state index contributed by atoms with van der Waals surface area (Å²) < 4.78 is 46.2. The van der Waals surface area contributed by atoms with E-state index in [0.29, 0.717) is 0 Å². The van der Waals surface area contributed by atoms with Crippen molar-refractivity contribution < 1.29 is 13.7 Å². The van der Waals surface area contributed by atoms with Gasteiger partial charge in [0.1, 0.15) is 0 Å². The maximum absolute atomic E-state index is 15.6. The smallest absolute Gasteiger partial charge is 0.171 e. The van der Waals surface area contributed by atoms with Crippen LogP contribution in [0.15, 0.2) is 251 Å². The van der Waals surface area contributed by atoms with Crippen LogP contribution in [0.4, 0.5) is 0 Å². The molecule has 0 saturated heterocycles. The Morgan fingerprint density at radius 1 is 0.221 bits per heavy atom. The monoisotopic (exact) mass is 934 g/mol. The number of rotatable bonds is 15. The SMILES string of the molecule is C=Cc1ccc(P(=O)(c2ccc(C=C)cc2)c2ccc(-c3ccc(P(=O)(c4ccccc4)c4ccc(-c5ccc(P(=O)(c6ccc(C=C)cc6)c6ccc(C=C)cc6)cc5)cc4)cc3)cc2)cc1. The topological polar surface area (TPSA) is 51.2 Å². The third-order valence-corrected chi connectivity index (χ3v) is 21.9. The molecule has 68 heavy (non-hydrogen) atoms. The van der Waals surface area contributed by atoms with Gasteiger partial charge in [-0.3, -0.25) is 0 Å². The van der Waals surface area contributed by atoms with Crippen molar-refractivity contribution in [2.24, 2.45) is 0 Å². The summed E-state index contributed by atoms with van der Waals surface area (Å²) in [4.78, 5) is 0. The molecule has 0 atom stereocenters. The van der Waals surface area contributed by atoms with Crippen molar-refractivity contribution in [2.75, 3.05) is 0 Å². The van der Waals surface area contributed by atoms with Gasteiger partial charge in [0.05, 0.1) is 0 Å². The second-order valence-electron chi connectivity index (χ2n) is 16.5. The van der Waals surface area contributed by atoms with Crippen LogP contribution >= 0.6 is 21.4 Å². The highest BCUT2D eigenvalue weighted by atomic mass is 31.2. The average Bonchev–Trinajstić information content (AvgIpc) is 3.43. The molecule has 0 spiro atoms. The van der Waals surface area contributed by atoms with Crippen molar-refractivity contribution in [1.82, 2.24) is 0 Å². The summed E-state index contributed by atoms with van der Waals surface area (Å²) in [6, 6.07) is 72.4. The van der Waals surface area contributed by atoms with E-state index < -0.39 is 21.4 Å². The van der Waals surface area contributed by atoms with E-state index in [2.05, 4.69) is 26.3 Å². The number of benzene rings is 9. The fraction of sp³-hybridized carbons (Fsp3) is 0. The van der Waals surface area contributed by atoms with Gasteiger partial charge < -0.3 is 13.7 Å². The Balaban J connectivity index is 1.01. The fourth-order valence-electron chi connectivity index (χ4n) is 8.72. The lowest BCUT2D eigenvalue weighted by Gasteiger charge is -2.22. The molecule has 0 bridgehead atoms. The molecule has 330 valence electrons. The highest BCUT2D eigenvalue weighted by Gasteiger charge is 2.33. The van der Waals surface area contributed by atoms with E-state index in [4.69, 9.17) is 0 Å². The average molecular weight is 935 g/mol. The summed E-state index contributed by atoms with van der Waals surface area (Å²) >= 11 is 0. The predicted molar refractivity (Wildman–Crippen MR) is 296 cm³/mol. The second kappa shape index (κ2) is 19.5. The molecule has 0 unspecified atom stereocenters. The van der Waals surface area contributed by atoms with E-state index in [9.17, 15) is 0 Å². The van der Waals surface area contributed by atoms with Crippen molar-refractivity contribution in [3.05, 3.63) is 273 Å². The third kappa shape index (κ3) is 8.58. The van der Waals surface area contributed by atoms with Crippen molar-refractivity contribution in [2.45, 2.75) is 0 Å². The van der Waals surface area contributed by atoms with Crippen LogP contribution in [-0.2, 0) is 13.7 Å². The maximum Gasteiger partial charge on any atom is 0.171 e. The summed E-state index contributed by atoms with van der Waals surface area (Å²) in [5.74, 6) is 0. The molecule has 9 rings (SSSR count). The van der Waals surface area contributed by atoms with Crippen molar-refractivity contribution in [3.8, 4) is 22.3 Å². The van der Waals surface area contributed by atoms with Gasteiger partial charge in [-0.1, -0.05) is 275 Å². The lowest BCUT2D eigenvalue weighted by Crippen LogP contribution is -2.25. The lowest BCUT2D eigenvalue weighted by atomic mass is 10.1. The highest BCUT2D eigenvalue weighted by molar-refractivity contribution is 7.86. The minimum atomic E-state index is -3.32. The van der Waals surface area contributed by atoms with Gasteiger partial charge in [-0.25, -0.2) is 0 Å². The number of hydrogen-bond donors (Lipinski definition) is 0. The minimum Gasteiger partial charge on any atom is -0.309 e. The predicted octanol–water partition coefficient (Wildman–Crippen LogP) is 12.5. The third-order valence-electron chi connectivity index (χ3n) is 12.7. The molecule has 0 aliphatic heterocycles. The molecule has 9 aromatic rings. The molecule has 0 aliphatic carbocycles. The zero-order valence-corrected chi connectivity index (χ0v) is 40.2. The van der Waals surface area contributed by atoms with Crippen LogP contribution in [0.25, 0.3) is 46.6 Å². The Morgan fingerprint density at radius 2 is 0.382 bits per heavy atom. The first-order valence-corrected chi connectivity index (χ1v) is 27.4. The molecule has 0 N–H and O–H groups in total. The molecule has 0 aliphatic rings. The number of hydrogen-bond acceptors (Lipinski definition) is 3. The Bertz CT molecular complexity index is 3090. The molecule has 3 nitrogen and oxygen atoms in total. The van der Waals surface area contributed by atoms with Crippen molar-refractivity contribution >= 4 is 93.5 Å². The first kappa shape index (κ1) is 45.8. The molecule has 0 amide bonds. The Hall–Kier alpha value is -7.37. The minimum absolute atomic E-state index is 0.717. The van der Waals surface area contributed by atoms with E-state index in [0.717, 1.165) is 92.2 Å². The lowest BCUT2D eigenvalue weighted by molar-refractivity contribution is 0.591. The Labute approximate surface area is 400 Å². The summed E-state index contributed by atoms with van der Waals surface area (Å²) in [6.45, 7) is 15.5. The van der Waals surface area contributed by atoms with Crippen LogP contribution in [0.3, 0.4) is 0 Å². The van der Waals surface area contributed by atoms with E-state index >= 15 is 13.7 Å². The molecule has 9 aromatic carbocycles. The van der Waals surface area contributed by atoms with Crippen LogP contribution in [0.5, 0.6) is 0 Å². The van der Waals surface area contributed by atoms with Crippen molar-refractivity contribution in [3.63, 3.8) is 0 Å². The Kier molecular flexibility index (Phi) is 13.1. The molecule has 0 saturated carbocycles. The summed E-state index contributed by atoms with van der Waals surface area (Å²) in [6.07, 6.45) is 7.12.